The van der Waals surface area contributed by atoms with Crippen LogP contribution < -0.4 is 0 Å². The number of ether oxygens (including phenoxy) is 1. The average Bonchev–Trinajstić information content (AvgIpc) is 2.22. The van der Waals surface area contributed by atoms with Crippen molar-refractivity contribution in [2.75, 3.05) is 6.61 Å². The van der Waals surface area contributed by atoms with Crippen molar-refractivity contribution in [3.8, 4) is 0 Å². The first-order valence-electron chi connectivity index (χ1n) is 4.40. The van der Waals surface area contributed by atoms with E-state index >= 15 is 0 Å². The van der Waals surface area contributed by atoms with E-state index in [0.717, 1.165) is 0 Å². The number of hydrogen-bond acceptors (Lipinski definition) is 3. The molecule has 0 atom stereocenters. The second-order valence-corrected chi connectivity index (χ2v) is 2.33. The molecule has 0 fully saturated rings. The van der Waals surface area contributed by atoms with E-state index < -0.39 is 5.97 Å². The molecule has 3 nitrogen and oxygen atoms in total. The fraction of sp³-hybridized carbons (Fsp3) is 0.273. The molecule has 0 saturated heterocycles. The van der Waals surface area contributed by atoms with Gasteiger partial charge in [-0.1, -0.05) is 36.4 Å². The van der Waals surface area contributed by atoms with Crippen LogP contribution in [0, 0.1) is 0 Å². The highest BCUT2D eigenvalue weighted by molar-refractivity contribution is 5.83. The molecular weight excluding hydrogens is 180 g/mol. The Morgan fingerprint density at radius 3 is 1.86 bits per heavy atom. The number of rotatable bonds is 3. The van der Waals surface area contributed by atoms with Crippen LogP contribution >= 0.6 is 0 Å². The number of carbonyl (C=O) groups is 2. The molecule has 0 aliphatic carbocycles. The van der Waals surface area contributed by atoms with Crippen LogP contribution in [-0.2, 0) is 14.3 Å². The minimum absolute atomic E-state index is 0.131. The summed E-state index contributed by atoms with van der Waals surface area (Å²) in [5.41, 5.74) is 0. The lowest BCUT2D eigenvalue weighted by Gasteiger charge is -1.93. The highest BCUT2D eigenvalue weighted by Crippen LogP contribution is 1.80. The standard InChI is InChI=1S/C6H6.C5H8O3/c1-2-4-6-5-3-1;1-2-8-5(7)3-4-6/h1-6H;4H,2-3H2,1H3. The van der Waals surface area contributed by atoms with Crippen molar-refractivity contribution >= 4 is 12.3 Å². The molecule has 76 valence electrons. The maximum absolute atomic E-state index is 10.2. The smallest absolute Gasteiger partial charge is 0.312 e. The zero-order valence-corrected chi connectivity index (χ0v) is 8.18. The van der Waals surface area contributed by atoms with E-state index in [1.807, 2.05) is 36.4 Å². The van der Waals surface area contributed by atoms with E-state index in [2.05, 4.69) is 4.74 Å². The van der Waals surface area contributed by atoms with Crippen LogP contribution in [0.4, 0.5) is 0 Å². The highest BCUT2D eigenvalue weighted by Gasteiger charge is 1.95. The molecule has 0 aromatic heterocycles. The van der Waals surface area contributed by atoms with E-state index in [4.69, 9.17) is 0 Å². The second kappa shape index (κ2) is 9.45. The third-order valence-corrected chi connectivity index (χ3v) is 1.22. The van der Waals surface area contributed by atoms with Gasteiger partial charge in [-0.05, 0) is 6.92 Å². The van der Waals surface area contributed by atoms with Gasteiger partial charge >= 0.3 is 5.97 Å². The highest BCUT2D eigenvalue weighted by atomic mass is 16.5. The molecular formula is C11H14O3. The van der Waals surface area contributed by atoms with Gasteiger partial charge in [0.25, 0.3) is 0 Å². The van der Waals surface area contributed by atoms with Crippen LogP contribution in [0.5, 0.6) is 0 Å². The fourth-order valence-electron chi connectivity index (χ4n) is 0.673. The number of benzene rings is 1. The topological polar surface area (TPSA) is 43.4 Å². The van der Waals surface area contributed by atoms with Gasteiger partial charge in [0.05, 0.1) is 6.61 Å². The van der Waals surface area contributed by atoms with Crippen molar-refractivity contribution in [2.45, 2.75) is 13.3 Å². The summed E-state index contributed by atoms with van der Waals surface area (Å²) < 4.78 is 4.41. The molecule has 0 spiro atoms. The first-order valence-corrected chi connectivity index (χ1v) is 4.40. The van der Waals surface area contributed by atoms with Gasteiger partial charge in [0.1, 0.15) is 12.7 Å². The monoisotopic (exact) mass is 194 g/mol. The summed E-state index contributed by atoms with van der Waals surface area (Å²) in [4.78, 5) is 19.8. The lowest BCUT2D eigenvalue weighted by Crippen LogP contribution is -2.03. The maximum atomic E-state index is 10.2. The molecule has 0 radical (unpaired) electrons. The zero-order valence-electron chi connectivity index (χ0n) is 8.18. The van der Waals surface area contributed by atoms with E-state index in [1.165, 1.54) is 0 Å². The average molecular weight is 194 g/mol. The molecule has 0 bridgehead atoms. The normalized spacial score (nSPS) is 8.07. The largest absolute Gasteiger partial charge is 0.466 e. The predicted octanol–water partition coefficient (Wildman–Crippen LogP) is 1.83. The van der Waals surface area contributed by atoms with Gasteiger partial charge in [-0.3, -0.25) is 4.79 Å². The molecule has 0 aliphatic heterocycles. The van der Waals surface area contributed by atoms with Gasteiger partial charge in [0.2, 0.25) is 0 Å². The molecule has 0 amide bonds. The first kappa shape index (κ1) is 12.4. The molecule has 1 aromatic carbocycles. The van der Waals surface area contributed by atoms with Crippen molar-refractivity contribution in [1.82, 2.24) is 0 Å². The molecule has 0 heterocycles. The second-order valence-electron chi connectivity index (χ2n) is 2.33. The van der Waals surface area contributed by atoms with Crippen LogP contribution in [0.25, 0.3) is 0 Å². The summed E-state index contributed by atoms with van der Waals surface area (Å²) in [6.45, 7) is 2.04. The van der Waals surface area contributed by atoms with Crippen molar-refractivity contribution in [2.24, 2.45) is 0 Å². The third-order valence-electron chi connectivity index (χ3n) is 1.22. The Morgan fingerprint density at radius 2 is 1.57 bits per heavy atom. The van der Waals surface area contributed by atoms with Gasteiger partial charge in [-0.15, -0.1) is 0 Å². The van der Waals surface area contributed by atoms with Crippen molar-refractivity contribution in [3.05, 3.63) is 36.4 Å². The Balaban J connectivity index is 0.000000249. The maximum Gasteiger partial charge on any atom is 0.312 e. The molecule has 0 N–H and O–H groups in total. The zero-order chi connectivity index (χ0) is 10.6. The lowest BCUT2D eigenvalue weighted by molar-refractivity contribution is -0.143. The summed E-state index contributed by atoms with van der Waals surface area (Å²) in [5, 5.41) is 0. The van der Waals surface area contributed by atoms with Gasteiger partial charge in [0, 0.05) is 0 Å². The molecule has 1 rings (SSSR count). The molecule has 0 aliphatic rings. The van der Waals surface area contributed by atoms with Crippen molar-refractivity contribution in [3.63, 3.8) is 0 Å². The summed E-state index contributed by atoms with van der Waals surface area (Å²) in [5.74, 6) is -0.456. The van der Waals surface area contributed by atoms with E-state index in [0.29, 0.717) is 12.9 Å². The van der Waals surface area contributed by atoms with Crippen LogP contribution in [-0.4, -0.2) is 18.9 Å². The molecule has 0 unspecified atom stereocenters. The van der Waals surface area contributed by atoms with E-state index in [1.54, 1.807) is 6.92 Å². The van der Waals surface area contributed by atoms with Gasteiger partial charge in [0.15, 0.2) is 0 Å². The Labute approximate surface area is 83.7 Å². The number of aldehydes is 1. The number of carbonyl (C=O) groups excluding carboxylic acids is 2. The lowest BCUT2D eigenvalue weighted by atomic mass is 10.4. The summed E-state index contributed by atoms with van der Waals surface area (Å²) in [6.07, 6.45) is 0.395. The Hall–Kier alpha value is -1.64. The number of hydrogen-bond donors (Lipinski definition) is 0. The predicted molar refractivity (Wildman–Crippen MR) is 53.8 cm³/mol. The van der Waals surface area contributed by atoms with Crippen LogP contribution in [0.3, 0.4) is 0 Å². The fourth-order valence-corrected chi connectivity index (χ4v) is 0.673. The summed E-state index contributed by atoms with van der Waals surface area (Å²) in [7, 11) is 0. The quantitative estimate of drug-likeness (QED) is 0.419. The van der Waals surface area contributed by atoms with Gasteiger partial charge in [-0.25, -0.2) is 0 Å². The minimum Gasteiger partial charge on any atom is -0.466 e. The van der Waals surface area contributed by atoms with E-state index in [9.17, 15) is 9.59 Å². The van der Waals surface area contributed by atoms with Crippen molar-refractivity contribution in [1.29, 1.82) is 0 Å². The molecule has 14 heavy (non-hydrogen) atoms. The van der Waals surface area contributed by atoms with Crippen LogP contribution in [0.1, 0.15) is 13.3 Å². The SMILES string of the molecule is CCOC(=O)CC=O.c1ccccc1. The first-order chi connectivity index (χ1) is 6.81. The molecule has 1 aromatic rings. The van der Waals surface area contributed by atoms with Gasteiger partial charge < -0.3 is 9.53 Å². The minimum atomic E-state index is -0.456. The molecule has 0 saturated carbocycles. The van der Waals surface area contributed by atoms with Crippen LogP contribution in [0.15, 0.2) is 36.4 Å². The summed E-state index contributed by atoms with van der Waals surface area (Å²) in [6, 6.07) is 12.0. The Bertz CT molecular complexity index is 217. The Kier molecular flexibility index (Phi) is 8.34. The van der Waals surface area contributed by atoms with Crippen LogP contribution in [0.2, 0.25) is 0 Å². The third kappa shape index (κ3) is 8.46. The van der Waals surface area contributed by atoms with E-state index in [-0.39, 0.29) is 6.42 Å². The number of esters is 1. The van der Waals surface area contributed by atoms with Gasteiger partial charge in [-0.2, -0.15) is 0 Å². The summed E-state index contributed by atoms with van der Waals surface area (Å²) >= 11 is 0. The van der Waals surface area contributed by atoms with Crippen molar-refractivity contribution < 1.29 is 14.3 Å². The molecule has 3 heteroatoms. The Morgan fingerprint density at radius 1 is 1.14 bits per heavy atom.